The summed E-state index contributed by atoms with van der Waals surface area (Å²) in [6, 6.07) is 22.4. The van der Waals surface area contributed by atoms with E-state index in [0.717, 1.165) is 16.5 Å². The normalized spacial score (nSPS) is 12.6. The molecule has 0 radical (unpaired) electrons. The van der Waals surface area contributed by atoms with Gasteiger partial charge in [0.1, 0.15) is 12.4 Å². The predicted molar refractivity (Wildman–Crippen MR) is 113 cm³/mol. The highest BCUT2D eigenvalue weighted by molar-refractivity contribution is 6.06. The molecule has 2 N–H and O–H groups in total. The van der Waals surface area contributed by atoms with E-state index in [2.05, 4.69) is 5.32 Å². The standard InChI is InChI=1S/C24H18N2O4/c27-23-22-16(13-25-23)7-4-8-19(22)21-12-17-11-18(9-10-20(17)26(21)24(28)29)30-14-15-5-2-1-3-6-15/h1-12H,13-14H2,(H,25,27)(H,28,29). The third-order valence-electron chi connectivity index (χ3n) is 5.31. The van der Waals surface area contributed by atoms with E-state index in [1.807, 2.05) is 48.5 Å². The van der Waals surface area contributed by atoms with Gasteiger partial charge in [-0.3, -0.25) is 4.79 Å². The molecule has 1 aliphatic rings. The average Bonchev–Trinajstić information content (AvgIpc) is 3.33. The summed E-state index contributed by atoms with van der Waals surface area (Å²) in [6.45, 7) is 0.873. The van der Waals surface area contributed by atoms with Gasteiger partial charge in [0.05, 0.1) is 16.8 Å². The van der Waals surface area contributed by atoms with Gasteiger partial charge in [-0.15, -0.1) is 0 Å². The molecule has 0 fully saturated rings. The highest BCUT2D eigenvalue weighted by Gasteiger charge is 2.26. The Bertz CT molecular complexity index is 1290. The molecule has 0 spiro atoms. The van der Waals surface area contributed by atoms with E-state index >= 15 is 0 Å². The molecule has 148 valence electrons. The highest BCUT2D eigenvalue weighted by Crippen LogP contribution is 2.35. The summed E-state index contributed by atoms with van der Waals surface area (Å²) < 4.78 is 7.11. The van der Waals surface area contributed by atoms with Gasteiger partial charge < -0.3 is 15.2 Å². The zero-order chi connectivity index (χ0) is 20.7. The van der Waals surface area contributed by atoms with E-state index in [0.29, 0.717) is 41.2 Å². The van der Waals surface area contributed by atoms with Crippen molar-refractivity contribution in [3.8, 4) is 17.0 Å². The summed E-state index contributed by atoms with van der Waals surface area (Å²) in [6.07, 6.45) is -1.10. The van der Waals surface area contributed by atoms with E-state index < -0.39 is 6.09 Å². The number of hydrogen-bond donors (Lipinski definition) is 2. The van der Waals surface area contributed by atoms with Crippen LogP contribution in [-0.2, 0) is 13.2 Å². The van der Waals surface area contributed by atoms with Gasteiger partial charge in [-0.1, -0.05) is 48.5 Å². The summed E-state index contributed by atoms with van der Waals surface area (Å²) in [4.78, 5) is 24.4. The van der Waals surface area contributed by atoms with E-state index in [-0.39, 0.29) is 5.91 Å². The number of carboxylic acid groups (broad SMARTS) is 1. The first-order valence-corrected chi connectivity index (χ1v) is 9.58. The maximum Gasteiger partial charge on any atom is 0.416 e. The van der Waals surface area contributed by atoms with Gasteiger partial charge in [-0.2, -0.15) is 0 Å². The lowest BCUT2D eigenvalue weighted by Gasteiger charge is -2.09. The lowest BCUT2D eigenvalue weighted by Crippen LogP contribution is -2.14. The number of ether oxygens (including phenoxy) is 1. The smallest absolute Gasteiger partial charge is 0.416 e. The number of hydrogen-bond acceptors (Lipinski definition) is 3. The van der Waals surface area contributed by atoms with Crippen molar-refractivity contribution in [3.05, 3.63) is 89.5 Å². The van der Waals surface area contributed by atoms with Crippen LogP contribution >= 0.6 is 0 Å². The molecule has 1 aromatic heterocycles. The second kappa shape index (κ2) is 7.08. The van der Waals surface area contributed by atoms with Gasteiger partial charge in [0.2, 0.25) is 0 Å². The molecule has 0 saturated carbocycles. The van der Waals surface area contributed by atoms with Gasteiger partial charge >= 0.3 is 6.09 Å². The van der Waals surface area contributed by atoms with Crippen molar-refractivity contribution in [1.29, 1.82) is 0 Å². The first-order valence-electron chi connectivity index (χ1n) is 9.58. The molecule has 5 rings (SSSR count). The second-order valence-corrected chi connectivity index (χ2v) is 7.16. The van der Waals surface area contributed by atoms with Crippen LogP contribution in [0.3, 0.4) is 0 Å². The Labute approximate surface area is 172 Å². The van der Waals surface area contributed by atoms with Crippen LogP contribution in [0.2, 0.25) is 0 Å². The number of nitrogens with zero attached hydrogens (tertiary/aromatic N) is 1. The largest absolute Gasteiger partial charge is 0.489 e. The quantitative estimate of drug-likeness (QED) is 0.524. The number of nitrogens with one attached hydrogen (secondary N) is 1. The topological polar surface area (TPSA) is 80.6 Å². The van der Waals surface area contributed by atoms with Crippen molar-refractivity contribution in [3.63, 3.8) is 0 Å². The summed E-state index contributed by atoms with van der Waals surface area (Å²) in [5.74, 6) is 0.464. The summed E-state index contributed by atoms with van der Waals surface area (Å²) in [7, 11) is 0. The first kappa shape index (κ1) is 18.0. The minimum Gasteiger partial charge on any atom is -0.489 e. The van der Waals surface area contributed by atoms with Crippen LogP contribution < -0.4 is 10.1 Å². The Balaban J connectivity index is 1.58. The van der Waals surface area contributed by atoms with Gasteiger partial charge in [-0.25, -0.2) is 9.36 Å². The molecule has 0 saturated heterocycles. The third-order valence-corrected chi connectivity index (χ3v) is 5.31. The molecule has 1 aliphatic heterocycles. The predicted octanol–water partition coefficient (Wildman–Crippen LogP) is 4.66. The molecule has 1 amide bonds. The number of rotatable bonds is 4. The number of amides is 1. The zero-order valence-electron chi connectivity index (χ0n) is 16.0. The molecular weight excluding hydrogens is 380 g/mol. The number of carbonyl (C=O) groups is 2. The van der Waals surface area contributed by atoms with Crippen LogP contribution in [-0.4, -0.2) is 21.7 Å². The van der Waals surface area contributed by atoms with Crippen molar-refractivity contribution in [2.75, 3.05) is 0 Å². The molecule has 0 atom stereocenters. The fraction of sp³-hybridized carbons (Fsp3) is 0.0833. The molecule has 3 aromatic carbocycles. The van der Waals surface area contributed by atoms with Crippen molar-refractivity contribution in [2.45, 2.75) is 13.2 Å². The van der Waals surface area contributed by atoms with Crippen LogP contribution in [0.5, 0.6) is 5.75 Å². The molecule has 30 heavy (non-hydrogen) atoms. The van der Waals surface area contributed by atoms with E-state index in [9.17, 15) is 14.7 Å². The van der Waals surface area contributed by atoms with Crippen molar-refractivity contribution in [2.24, 2.45) is 0 Å². The van der Waals surface area contributed by atoms with E-state index in [4.69, 9.17) is 4.74 Å². The highest BCUT2D eigenvalue weighted by atomic mass is 16.5. The average molecular weight is 398 g/mol. The van der Waals surface area contributed by atoms with Crippen LogP contribution in [0.15, 0.2) is 72.8 Å². The number of carbonyl (C=O) groups excluding carboxylic acids is 1. The van der Waals surface area contributed by atoms with Crippen LogP contribution in [0.1, 0.15) is 21.5 Å². The molecule has 2 heterocycles. The van der Waals surface area contributed by atoms with Crippen LogP contribution in [0.25, 0.3) is 22.2 Å². The van der Waals surface area contributed by atoms with Gasteiger partial charge in [0.15, 0.2) is 0 Å². The van der Waals surface area contributed by atoms with Crippen LogP contribution in [0, 0.1) is 0 Å². The van der Waals surface area contributed by atoms with Crippen molar-refractivity contribution >= 4 is 22.9 Å². The number of fused-ring (bicyclic) bond motifs is 2. The molecule has 6 heteroatoms. The Kier molecular flexibility index (Phi) is 4.25. The minimum absolute atomic E-state index is 0.185. The van der Waals surface area contributed by atoms with Crippen molar-refractivity contribution in [1.82, 2.24) is 9.88 Å². The van der Waals surface area contributed by atoms with E-state index in [1.54, 1.807) is 24.3 Å². The maximum atomic E-state index is 12.3. The SMILES string of the molecule is O=C1NCc2cccc(-c3cc4cc(OCc5ccccc5)ccc4n3C(=O)O)c21. The van der Waals surface area contributed by atoms with Gasteiger partial charge in [-0.05, 0) is 35.4 Å². The summed E-state index contributed by atoms with van der Waals surface area (Å²) in [5, 5.41) is 13.4. The maximum absolute atomic E-state index is 12.3. The third kappa shape index (κ3) is 2.99. The molecular formula is C24H18N2O4. The summed E-state index contributed by atoms with van der Waals surface area (Å²) in [5.41, 5.74) is 4.06. The zero-order valence-corrected chi connectivity index (χ0v) is 16.0. The Morgan fingerprint density at radius 2 is 1.87 bits per heavy atom. The fourth-order valence-electron chi connectivity index (χ4n) is 3.92. The Morgan fingerprint density at radius 1 is 1.03 bits per heavy atom. The minimum atomic E-state index is -1.10. The molecule has 6 nitrogen and oxygen atoms in total. The van der Waals surface area contributed by atoms with Gasteiger partial charge in [0.25, 0.3) is 5.91 Å². The lowest BCUT2D eigenvalue weighted by atomic mass is 10.0. The van der Waals surface area contributed by atoms with Gasteiger partial charge in [0, 0.05) is 17.5 Å². The summed E-state index contributed by atoms with van der Waals surface area (Å²) >= 11 is 0. The second-order valence-electron chi connectivity index (χ2n) is 7.16. The van der Waals surface area contributed by atoms with Crippen molar-refractivity contribution < 1.29 is 19.4 Å². The number of aromatic nitrogens is 1. The molecule has 0 aliphatic carbocycles. The monoisotopic (exact) mass is 398 g/mol. The Morgan fingerprint density at radius 3 is 2.67 bits per heavy atom. The fourth-order valence-corrected chi connectivity index (χ4v) is 3.92. The Hall–Kier alpha value is -4.06. The lowest BCUT2D eigenvalue weighted by molar-refractivity contribution is 0.0966. The first-order chi connectivity index (χ1) is 14.6. The van der Waals surface area contributed by atoms with Crippen LogP contribution in [0.4, 0.5) is 4.79 Å². The number of benzene rings is 3. The van der Waals surface area contributed by atoms with E-state index in [1.165, 1.54) is 4.57 Å². The molecule has 0 bridgehead atoms. The molecule has 0 unspecified atom stereocenters. The molecule has 4 aromatic rings.